The minimum Gasteiger partial charge on any atom is -0.465 e. The molecule has 1 aliphatic heterocycles. The van der Waals surface area contributed by atoms with Crippen LogP contribution in [-0.4, -0.2) is 12.6 Å². The van der Waals surface area contributed by atoms with Crippen molar-refractivity contribution in [3.63, 3.8) is 0 Å². The molecule has 1 atom stereocenters. The van der Waals surface area contributed by atoms with E-state index in [0.717, 1.165) is 12.0 Å². The highest BCUT2D eigenvalue weighted by molar-refractivity contribution is 5.70. The first-order valence-corrected chi connectivity index (χ1v) is 4.72. The number of allylic oxidation sites excluding steroid dienone is 1. The molecule has 0 bridgehead atoms. The first kappa shape index (κ1) is 10.3. The monoisotopic (exact) mass is 182 g/mol. The maximum absolute atomic E-state index is 11.2. The number of esters is 1. The van der Waals surface area contributed by atoms with Gasteiger partial charge in [-0.25, -0.2) is 0 Å². The molecule has 1 aliphatic rings. The molecule has 0 saturated carbocycles. The van der Waals surface area contributed by atoms with Crippen LogP contribution in [-0.2, 0) is 9.53 Å². The number of cyclic esters (lactones) is 1. The number of hydrogen-bond donors (Lipinski definition) is 0. The summed E-state index contributed by atoms with van der Waals surface area (Å²) in [5.74, 6) is 0.212. The molecule has 2 heteroatoms. The standard InChI is InChI=1S/C11H18O2/c1-8(2)9-5-10(12)13-7-11(3,4)6-9/h9H,1,5-7H2,2-4H3. The van der Waals surface area contributed by atoms with Gasteiger partial charge in [-0.05, 0) is 24.7 Å². The molecular weight excluding hydrogens is 164 g/mol. The fraction of sp³-hybridized carbons (Fsp3) is 0.727. The average Bonchev–Trinajstić information content (AvgIpc) is 2.11. The van der Waals surface area contributed by atoms with Gasteiger partial charge in [0.05, 0.1) is 13.0 Å². The van der Waals surface area contributed by atoms with Crippen LogP contribution in [0.4, 0.5) is 0 Å². The number of hydrogen-bond acceptors (Lipinski definition) is 2. The predicted molar refractivity (Wildman–Crippen MR) is 52.3 cm³/mol. The Bertz CT molecular complexity index is 228. The zero-order valence-electron chi connectivity index (χ0n) is 8.72. The molecule has 13 heavy (non-hydrogen) atoms. The summed E-state index contributed by atoms with van der Waals surface area (Å²) in [5.41, 5.74) is 1.18. The molecule has 0 aliphatic carbocycles. The number of carbonyl (C=O) groups excluding carboxylic acids is 1. The lowest BCUT2D eigenvalue weighted by molar-refractivity contribution is -0.145. The lowest BCUT2D eigenvalue weighted by atomic mass is 9.80. The van der Waals surface area contributed by atoms with Crippen molar-refractivity contribution in [2.75, 3.05) is 6.61 Å². The van der Waals surface area contributed by atoms with E-state index in [1.165, 1.54) is 0 Å². The van der Waals surface area contributed by atoms with E-state index in [0.29, 0.717) is 18.9 Å². The maximum Gasteiger partial charge on any atom is 0.306 e. The lowest BCUT2D eigenvalue weighted by Crippen LogP contribution is -2.19. The summed E-state index contributed by atoms with van der Waals surface area (Å²) >= 11 is 0. The highest BCUT2D eigenvalue weighted by Gasteiger charge is 2.30. The summed E-state index contributed by atoms with van der Waals surface area (Å²) in [7, 11) is 0. The van der Waals surface area contributed by atoms with Gasteiger partial charge in [-0.2, -0.15) is 0 Å². The summed E-state index contributed by atoms with van der Waals surface area (Å²) in [5, 5.41) is 0. The Balaban J connectivity index is 2.74. The Hall–Kier alpha value is -0.790. The third-order valence-corrected chi connectivity index (χ3v) is 2.53. The largest absolute Gasteiger partial charge is 0.465 e. The molecule has 74 valence electrons. The van der Waals surface area contributed by atoms with Crippen LogP contribution in [0.5, 0.6) is 0 Å². The van der Waals surface area contributed by atoms with Crippen LogP contribution in [0.3, 0.4) is 0 Å². The van der Waals surface area contributed by atoms with Crippen LogP contribution in [0.2, 0.25) is 0 Å². The normalized spacial score (nSPS) is 27.6. The minimum absolute atomic E-state index is 0.0847. The highest BCUT2D eigenvalue weighted by atomic mass is 16.5. The van der Waals surface area contributed by atoms with E-state index >= 15 is 0 Å². The molecule has 0 aromatic rings. The Morgan fingerprint density at radius 2 is 2.23 bits per heavy atom. The Kier molecular flexibility index (Phi) is 2.79. The van der Waals surface area contributed by atoms with Crippen LogP contribution >= 0.6 is 0 Å². The summed E-state index contributed by atoms with van der Waals surface area (Å²) in [4.78, 5) is 11.2. The maximum atomic E-state index is 11.2. The van der Waals surface area contributed by atoms with Gasteiger partial charge < -0.3 is 4.74 Å². The van der Waals surface area contributed by atoms with E-state index in [9.17, 15) is 4.79 Å². The number of ether oxygens (including phenoxy) is 1. The van der Waals surface area contributed by atoms with Crippen LogP contribution in [0.1, 0.15) is 33.6 Å². The van der Waals surface area contributed by atoms with Gasteiger partial charge in [0.15, 0.2) is 0 Å². The summed E-state index contributed by atoms with van der Waals surface area (Å²) in [6.07, 6.45) is 1.49. The van der Waals surface area contributed by atoms with Crippen molar-refractivity contribution in [3.05, 3.63) is 12.2 Å². The SMILES string of the molecule is C=C(C)C1CC(=O)OCC(C)(C)C1. The third kappa shape index (κ3) is 2.87. The zero-order chi connectivity index (χ0) is 10.1. The predicted octanol–water partition coefficient (Wildman–Crippen LogP) is 2.54. The van der Waals surface area contributed by atoms with Crippen molar-refractivity contribution in [1.82, 2.24) is 0 Å². The zero-order valence-corrected chi connectivity index (χ0v) is 8.72. The van der Waals surface area contributed by atoms with Crippen LogP contribution in [0.25, 0.3) is 0 Å². The van der Waals surface area contributed by atoms with Crippen molar-refractivity contribution >= 4 is 5.97 Å². The van der Waals surface area contributed by atoms with E-state index in [2.05, 4.69) is 20.4 Å². The molecule has 0 aromatic carbocycles. The summed E-state index contributed by atoms with van der Waals surface area (Å²) in [6, 6.07) is 0. The van der Waals surface area contributed by atoms with Crippen molar-refractivity contribution in [3.8, 4) is 0 Å². The fourth-order valence-electron chi connectivity index (χ4n) is 1.68. The molecule has 0 N–H and O–H groups in total. The molecule has 1 heterocycles. The van der Waals surface area contributed by atoms with Crippen molar-refractivity contribution in [1.29, 1.82) is 0 Å². The molecule has 0 aromatic heterocycles. The van der Waals surface area contributed by atoms with Gasteiger partial charge in [0, 0.05) is 0 Å². The molecule has 1 saturated heterocycles. The Labute approximate surface area is 80.0 Å². The first-order chi connectivity index (χ1) is 5.91. The molecule has 0 spiro atoms. The second-order valence-electron chi connectivity index (χ2n) is 4.78. The van der Waals surface area contributed by atoms with Gasteiger partial charge in [-0.3, -0.25) is 4.79 Å². The topological polar surface area (TPSA) is 26.3 Å². The van der Waals surface area contributed by atoms with Gasteiger partial charge in [-0.1, -0.05) is 26.0 Å². The van der Waals surface area contributed by atoms with E-state index in [4.69, 9.17) is 4.74 Å². The van der Waals surface area contributed by atoms with Crippen molar-refractivity contribution in [2.45, 2.75) is 33.6 Å². The van der Waals surface area contributed by atoms with Gasteiger partial charge in [0.2, 0.25) is 0 Å². The number of carbonyl (C=O) groups is 1. The van der Waals surface area contributed by atoms with E-state index in [-0.39, 0.29) is 11.4 Å². The third-order valence-electron chi connectivity index (χ3n) is 2.53. The van der Waals surface area contributed by atoms with E-state index in [1.54, 1.807) is 0 Å². The van der Waals surface area contributed by atoms with E-state index in [1.807, 2.05) is 6.92 Å². The van der Waals surface area contributed by atoms with Gasteiger partial charge in [0.1, 0.15) is 0 Å². The van der Waals surface area contributed by atoms with Crippen molar-refractivity contribution in [2.24, 2.45) is 11.3 Å². The van der Waals surface area contributed by atoms with Gasteiger partial charge >= 0.3 is 5.97 Å². The van der Waals surface area contributed by atoms with Crippen molar-refractivity contribution < 1.29 is 9.53 Å². The average molecular weight is 182 g/mol. The molecule has 1 rings (SSSR count). The minimum atomic E-state index is -0.0847. The van der Waals surface area contributed by atoms with Gasteiger partial charge in [0.25, 0.3) is 0 Å². The molecule has 1 fully saturated rings. The second kappa shape index (κ2) is 3.52. The molecule has 1 unspecified atom stereocenters. The first-order valence-electron chi connectivity index (χ1n) is 4.72. The molecular formula is C11H18O2. The fourth-order valence-corrected chi connectivity index (χ4v) is 1.68. The second-order valence-corrected chi connectivity index (χ2v) is 4.78. The quantitative estimate of drug-likeness (QED) is 0.460. The Morgan fingerprint density at radius 1 is 1.62 bits per heavy atom. The smallest absolute Gasteiger partial charge is 0.306 e. The van der Waals surface area contributed by atoms with Crippen LogP contribution < -0.4 is 0 Å². The van der Waals surface area contributed by atoms with Crippen LogP contribution in [0, 0.1) is 11.3 Å². The molecule has 0 radical (unpaired) electrons. The molecule has 2 nitrogen and oxygen atoms in total. The highest BCUT2D eigenvalue weighted by Crippen LogP contribution is 2.34. The molecule has 0 amide bonds. The van der Waals surface area contributed by atoms with Gasteiger partial charge in [-0.15, -0.1) is 0 Å². The summed E-state index contributed by atoms with van der Waals surface area (Å²) < 4.78 is 5.12. The Morgan fingerprint density at radius 3 is 2.77 bits per heavy atom. The van der Waals surface area contributed by atoms with E-state index < -0.39 is 0 Å². The van der Waals surface area contributed by atoms with Crippen LogP contribution in [0.15, 0.2) is 12.2 Å². The summed E-state index contributed by atoms with van der Waals surface area (Å²) in [6.45, 7) is 10.7. The number of rotatable bonds is 1. The lowest BCUT2D eigenvalue weighted by Gasteiger charge is -2.24.